The molecule has 16 heavy (non-hydrogen) atoms. The number of nitriles is 1. The summed E-state index contributed by atoms with van der Waals surface area (Å²) in [6.45, 7) is 6.41. The Morgan fingerprint density at radius 1 is 1.44 bits per heavy atom. The van der Waals surface area contributed by atoms with Gasteiger partial charge in [0.1, 0.15) is 6.07 Å². The van der Waals surface area contributed by atoms with Crippen molar-refractivity contribution in [1.29, 1.82) is 5.26 Å². The fraction of sp³-hybridized carbons (Fsp3) is 0.462. The van der Waals surface area contributed by atoms with Crippen LogP contribution in [0.2, 0.25) is 5.02 Å². The molecule has 0 saturated carbocycles. The Kier molecular flexibility index (Phi) is 4.20. The zero-order valence-electron chi connectivity index (χ0n) is 9.97. The van der Waals surface area contributed by atoms with Crippen molar-refractivity contribution in [2.75, 3.05) is 5.32 Å². The van der Waals surface area contributed by atoms with Gasteiger partial charge < -0.3 is 5.32 Å². The van der Waals surface area contributed by atoms with E-state index in [0.29, 0.717) is 10.6 Å². The van der Waals surface area contributed by atoms with Crippen molar-refractivity contribution in [2.45, 2.75) is 39.2 Å². The van der Waals surface area contributed by atoms with Crippen LogP contribution in [0.15, 0.2) is 18.2 Å². The van der Waals surface area contributed by atoms with E-state index in [-0.39, 0.29) is 5.54 Å². The molecule has 0 aliphatic heterocycles. The summed E-state index contributed by atoms with van der Waals surface area (Å²) in [6.07, 6.45) is 2.16. The Hall–Kier alpha value is -1.20. The largest absolute Gasteiger partial charge is 0.379 e. The molecule has 1 N–H and O–H groups in total. The fourth-order valence-electron chi connectivity index (χ4n) is 1.77. The maximum absolute atomic E-state index is 9.02. The highest BCUT2D eigenvalue weighted by Crippen LogP contribution is 2.25. The van der Waals surface area contributed by atoms with Crippen LogP contribution in [-0.4, -0.2) is 5.54 Å². The van der Waals surface area contributed by atoms with E-state index in [1.165, 1.54) is 0 Å². The SMILES string of the molecule is CCCC(C)(C)Nc1ccc(Cl)cc1C#N. The van der Waals surface area contributed by atoms with Crippen LogP contribution in [0.5, 0.6) is 0 Å². The molecular weight excluding hydrogens is 220 g/mol. The number of hydrogen-bond acceptors (Lipinski definition) is 2. The quantitative estimate of drug-likeness (QED) is 0.851. The van der Waals surface area contributed by atoms with Crippen molar-refractivity contribution in [1.82, 2.24) is 0 Å². The number of benzene rings is 1. The van der Waals surface area contributed by atoms with E-state index in [9.17, 15) is 0 Å². The van der Waals surface area contributed by atoms with Gasteiger partial charge in [0.05, 0.1) is 11.3 Å². The van der Waals surface area contributed by atoms with Crippen LogP contribution in [-0.2, 0) is 0 Å². The highest BCUT2D eigenvalue weighted by molar-refractivity contribution is 6.30. The van der Waals surface area contributed by atoms with Crippen molar-refractivity contribution in [3.8, 4) is 6.07 Å². The Morgan fingerprint density at radius 2 is 2.12 bits per heavy atom. The van der Waals surface area contributed by atoms with Crippen molar-refractivity contribution in [2.24, 2.45) is 0 Å². The lowest BCUT2D eigenvalue weighted by Crippen LogP contribution is -2.30. The van der Waals surface area contributed by atoms with E-state index in [0.717, 1.165) is 18.5 Å². The number of anilines is 1. The first-order chi connectivity index (χ1) is 7.48. The molecule has 0 fully saturated rings. The number of nitrogens with zero attached hydrogens (tertiary/aromatic N) is 1. The molecule has 2 nitrogen and oxygen atoms in total. The Balaban J connectivity index is 2.93. The van der Waals surface area contributed by atoms with Gasteiger partial charge in [-0.1, -0.05) is 24.9 Å². The number of halogens is 1. The van der Waals surface area contributed by atoms with Gasteiger partial charge in [0.2, 0.25) is 0 Å². The molecule has 1 rings (SSSR count). The molecule has 0 saturated heterocycles. The molecule has 0 heterocycles. The van der Waals surface area contributed by atoms with Gasteiger partial charge in [-0.15, -0.1) is 0 Å². The van der Waals surface area contributed by atoms with Gasteiger partial charge in [0.25, 0.3) is 0 Å². The zero-order valence-corrected chi connectivity index (χ0v) is 10.7. The lowest BCUT2D eigenvalue weighted by molar-refractivity contribution is 0.511. The second-order valence-corrected chi connectivity index (χ2v) is 5.00. The van der Waals surface area contributed by atoms with E-state index >= 15 is 0 Å². The maximum Gasteiger partial charge on any atom is 0.101 e. The molecular formula is C13H17ClN2. The zero-order chi connectivity index (χ0) is 12.2. The highest BCUT2D eigenvalue weighted by atomic mass is 35.5. The summed E-state index contributed by atoms with van der Waals surface area (Å²) in [5.41, 5.74) is 1.44. The van der Waals surface area contributed by atoms with Gasteiger partial charge in [-0.3, -0.25) is 0 Å². The van der Waals surface area contributed by atoms with Crippen LogP contribution >= 0.6 is 11.6 Å². The summed E-state index contributed by atoms with van der Waals surface area (Å²) in [5.74, 6) is 0. The molecule has 86 valence electrons. The van der Waals surface area contributed by atoms with Gasteiger partial charge in [0, 0.05) is 10.6 Å². The normalized spacial score (nSPS) is 10.9. The molecule has 1 aromatic rings. The predicted molar refractivity (Wildman–Crippen MR) is 68.8 cm³/mol. The average molecular weight is 237 g/mol. The first-order valence-corrected chi connectivity index (χ1v) is 5.84. The number of rotatable bonds is 4. The summed E-state index contributed by atoms with van der Waals surface area (Å²) >= 11 is 5.85. The van der Waals surface area contributed by atoms with Crippen LogP contribution < -0.4 is 5.32 Å². The summed E-state index contributed by atoms with van der Waals surface area (Å²) in [4.78, 5) is 0. The van der Waals surface area contributed by atoms with Crippen LogP contribution in [0, 0.1) is 11.3 Å². The Labute approximate surface area is 102 Å². The second-order valence-electron chi connectivity index (χ2n) is 4.56. The third-order valence-electron chi connectivity index (χ3n) is 2.45. The summed E-state index contributed by atoms with van der Waals surface area (Å²) in [5, 5.41) is 13.0. The van der Waals surface area contributed by atoms with E-state index in [1.54, 1.807) is 12.1 Å². The first-order valence-electron chi connectivity index (χ1n) is 5.46. The maximum atomic E-state index is 9.02. The molecule has 1 aromatic carbocycles. The van der Waals surface area contributed by atoms with Crippen LogP contribution in [0.3, 0.4) is 0 Å². The molecule has 3 heteroatoms. The van der Waals surface area contributed by atoms with E-state index < -0.39 is 0 Å². The molecule has 0 bridgehead atoms. The highest BCUT2D eigenvalue weighted by Gasteiger charge is 2.17. The van der Waals surface area contributed by atoms with Gasteiger partial charge in [-0.2, -0.15) is 5.26 Å². The van der Waals surface area contributed by atoms with E-state index in [4.69, 9.17) is 16.9 Å². The molecule has 0 aromatic heterocycles. The van der Waals surface area contributed by atoms with Crippen LogP contribution in [0.1, 0.15) is 39.2 Å². The Morgan fingerprint density at radius 3 is 2.69 bits per heavy atom. The number of nitrogens with one attached hydrogen (secondary N) is 1. The standard InChI is InChI=1S/C13H17ClN2/c1-4-7-13(2,3)16-12-6-5-11(14)8-10(12)9-15/h5-6,8,16H,4,7H2,1-3H3. The molecule has 0 atom stereocenters. The van der Waals surface area contributed by atoms with Crippen molar-refractivity contribution in [3.63, 3.8) is 0 Å². The fourth-order valence-corrected chi connectivity index (χ4v) is 1.94. The third-order valence-corrected chi connectivity index (χ3v) is 2.69. The third kappa shape index (κ3) is 3.43. The van der Waals surface area contributed by atoms with E-state index in [1.807, 2.05) is 6.07 Å². The predicted octanol–water partition coefficient (Wildman–Crippen LogP) is 4.20. The van der Waals surface area contributed by atoms with Gasteiger partial charge in [-0.25, -0.2) is 0 Å². The van der Waals surface area contributed by atoms with Crippen LogP contribution in [0.4, 0.5) is 5.69 Å². The summed E-state index contributed by atoms with van der Waals surface area (Å²) in [6, 6.07) is 7.50. The second kappa shape index (κ2) is 5.23. The molecule has 0 spiro atoms. The Bertz CT molecular complexity index is 405. The van der Waals surface area contributed by atoms with E-state index in [2.05, 4.69) is 32.2 Å². The van der Waals surface area contributed by atoms with Crippen LogP contribution in [0.25, 0.3) is 0 Å². The van der Waals surface area contributed by atoms with Crippen molar-refractivity contribution in [3.05, 3.63) is 28.8 Å². The van der Waals surface area contributed by atoms with Gasteiger partial charge in [0.15, 0.2) is 0 Å². The molecule has 0 radical (unpaired) electrons. The van der Waals surface area contributed by atoms with Crippen molar-refractivity contribution < 1.29 is 0 Å². The van der Waals surface area contributed by atoms with Crippen molar-refractivity contribution >= 4 is 17.3 Å². The van der Waals surface area contributed by atoms with Gasteiger partial charge in [-0.05, 0) is 38.5 Å². The topological polar surface area (TPSA) is 35.8 Å². The first kappa shape index (κ1) is 12.9. The minimum Gasteiger partial charge on any atom is -0.379 e. The summed E-state index contributed by atoms with van der Waals surface area (Å²) < 4.78 is 0. The minimum absolute atomic E-state index is 0.00577. The molecule has 0 unspecified atom stereocenters. The summed E-state index contributed by atoms with van der Waals surface area (Å²) in [7, 11) is 0. The monoisotopic (exact) mass is 236 g/mol. The number of hydrogen-bond donors (Lipinski definition) is 1. The minimum atomic E-state index is -0.00577. The average Bonchev–Trinajstić information content (AvgIpc) is 2.20. The smallest absolute Gasteiger partial charge is 0.101 e. The lowest BCUT2D eigenvalue weighted by atomic mass is 9.98. The van der Waals surface area contributed by atoms with Gasteiger partial charge >= 0.3 is 0 Å². The molecule has 0 amide bonds. The lowest BCUT2D eigenvalue weighted by Gasteiger charge is -2.27. The molecule has 0 aliphatic rings. The molecule has 0 aliphatic carbocycles.